The summed E-state index contributed by atoms with van der Waals surface area (Å²) < 4.78 is 14.6. The normalized spacial score (nSPS) is 10.0. The second-order valence-electron chi connectivity index (χ2n) is 2.92. The van der Waals surface area contributed by atoms with Gasteiger partial charge in [-0.3, -0.25) is 4.40 Å². The first kappa shape index (κ1) is 11.5. The molecule has 0 atom stereocenters. The van der Waals surface area contributed by atoms with E-state index < -0.39 is 17.6 Å². The van der Waals surface area contributed by atoms with Crippen LogP contribution in [0, 0.1) is 12.9 Å². The zero-order chi connectivity index (χ0) is 10.3. The van der Waals surface area contributed by atoms with Crippen molar-refractivity contribution < 1.29 is 14.3 Å². The number of hydrogen-bond donors (Lipinski definition) is 1. The fraction of sp³-hybridized carbons (Fsp3) is 0.111. The second-order valence-corrected chi connectivity index (χ2v) is 2.92. The van der Waals surface area contributed by atoms with E-state index in [0.29, 0.717) is 11.3 Å². The van der Waals surface area contributed by atoms with Gasteiger partial charge in [0.25, 0.3) is 0 Å². The maximum absolute atomic E-state index is 13.5. The molecule has 2 heterocycles. The summed E-state index contributed by atoms with van der Waals surface area (Å²) in [5.41, 5.74) is 0.374. The zero-order valence-corrected chi connectivity index (χ0v) is 8.58. The molecule has 1 N–H and O–H groups in total. The smallest absolute Gasteiger partial charge is 0.359 e. The van der Waals surface area contributed by atoms with E-state index in [1.807, 2.05) is 0 Å². The predicted octanol–water partition coefficient (Wildman–Crippen LogP) is 1.90. The average molecular weight is 231 g/mol. The molecular formula is C9H8ClFN2O2. The van der Waals surface area contributed by atoms with Crippen molar-refractivity contribution >= 4 is 24.0 Å². The molecule has 2 aromatic rings. The standard InChI is InChI=1S/C9H7FN2O2.ClH/c1-5-3-2-4-6-11-7(9(13)14)8(10)12(5)6;/h2-4H,1H3,(H,13,14);1H. The number of aromatic carboxylic acids is 1. The molecule has 4 nitrogen and oxygen atoms in total. The van der Waals surface area contributed by atoms with E-state index >= 15 is 0 Å². The fourth-order valence-corrected chi connectivity index (χ4v) is 1.35. The van der Waals surface area contributed by atoms with Crippen LogP contribution >= 0.6 is 12.4 Å². The van der Waals surface area contributed by atoms with Crippen molar-refractivity contribution in [2.45, 2.75) is 6.92 Å². The van der Waals surface area contributed by atoms with Gasteiger partial charge >= 0.3 is 5.97 Å². The molecule has 0 fully saturated rings. The van der Waals surface area contributed by atoms with E-state index in [9.17, 15) is 9.18 Å². The molecular weight excluding hydrogens is 223 g/mol. The molecule has 0 radical (unpaired) electrons. The summed E-state index contributed by atoms with van der Waals surface area (Å²) in [5, 5.41) is 8.64. The highest BCUT2D eigenvalue weighted by Crippen LogP contribution is 2.13. The minimum atomic E-state index is -1.36. The van der Waals surface area contributed by atoms with Crippen molar-refractivity contribution in [3.05, 3.63) is 35.5 Å². The van der Waals surface area contributed by atoms with E-state index in [4.69, 9.17) is 5.11 Å². The average Bonchev–Trinajstić information content (AvgIpc) is 2.45. The number of hydrogen-bond acceptors (Lipinski definition) is 2. The Morgan fingerprint density at radius 1 is 1.53 bits per heavy atom. The number of fused-ring (bicyclic) bond motifs is 1. The molecule has 0 aliphatic rings. The lowest BCUT2D eigenvalue weighted by Crippen LogP contribution is -2.01. The Kier molecular flexibility index (Phi) is 2.95. The van der Waals surface area contributed by atoms with Crippen LogP contribution in [-0.4, -0.2) is 20.5 Å². The molecule has 0 amide bonds. The highest BCUT2D eigenvalue weighted by molar-refractivity contribution is 5.86. The third kappa shape index (κ3) is 1.66. The van der Waals surface area contributed by atoms with Gasteiger partial charge in [-0.15, -0.1) is 12.4 Å². The van der Waals surface area contributed by atoms with Crippen LogP contribution < -0.4 is 0 Å². The summed E-state index contributed by atoms with van der Waals surface area (Å²) in [7, 11) is 0. The van der Waals surface area contributed by atoms with Gasteiger partial charge in [-0.25, -0.2) is 9.78 Å². The van der Waals surface area contributed by atoms with Gasteiger partial charge in [0.05, 0.1) is 0 Å². The van der Waals surface area contributed by atoms with Crippen LogP contribution in [-0.2, 0) is 0 Å². The topological polar surface area (TPSA) is 54.6 Å². The van der Waals surface area contributed by atoms with E-state index in [1.54, 1.807) is 25.1 Å². The van der Waals surface area contributed by atoms with Crippen LogP contribution in [0.2, 0.25) is 0 Å². The van der Waals surface area contributed by atoms with Crippen molar-refractivity contribution in [1.29, 1.82) is 0 Å². The Bertz CT molecular complexity index is 524. The van der Waals surface area contributed by atoms with E-state index in [1.165, 1.54) is 4.40 Å². The van der Waals surface area contributed by atoms with Crippen LogP contribution in [0.4, 0.5) is 4.39 Å². The number of pyridine rings is 1. The van der Waals surface area contributed by atoms with Gasteiger partial charge in [-0.1, -0.05) is 6.07 Å². The Morgan fingerprint density at radius 3 is 2.73 bits per heavy atom. The van der Waals surface area contributed by atoms with Gasteiger partial charge in [-0.05, 0) is 19.1 Å². The summed E-state index contributed by atoms with van der Waals surface area (Å²) in [6, 6.07) is 4.94. The molecule has 0 unspecified atom stereocenters. The number of imidazole rings is 1. The van der Waals surface area contributed by atoms with Crippen molar-refractivity contribution in [3.63, 3.8) is 0 Å². The molecule has 2 aromatic heterocycles. The van der Waals surface area contributed by atoms with Gasteiger partial charge < -0.3 is 5.11 Å². The number of carboxylic acids is 1. The van der Waals surface area contributed by atoms with Gasteiger partial charge in [0.15, 0.2) is 0 Å². The Balaban J connectivity index is 0.00000112. The van der Waals surface area contributed by atoms with Crippen molar-refractivity contribution in [2.75, 3.05) is 0 Å². The second kappa shape index (κ2) is 3.86. The fourth-order valence-electron chi connectivity index (χ4n) is 1.35. The minimum absolute atomic E-state index is 0. The summed E-state index contributed by atoms with van der Waals surface area (Å²) in [6.07, 6.45) is 0. The van der Waals surface area contributed by atoms with Crippen LogP contribution in [0.1, 0.15) is 16.2 Å². The molecule has 0 spiro atoms. The number of carboxylic acid groups (broad SMARTS) is 1. The first-order chi connectivity index (χ1) is 6.61. The summed E-state index contributed by atoms with van der Waals surface area (Å²) in [5.74, 6) is -2.18. The summed E-state index contributed by atoms with van der Waals surface area (Å²) in [4.78, 5) is 14.2. The molecule has 0 saturated carbocycles. The monoisotopic (exact) mass is 230 g/mol. The van der Waals surface area contributed by atoms with E-state index in [-0.39, 0.29) is 12.4 Å². The van der Waals surface area contributed by atoms with Crippen LogP contribution in [0.25, 0.3) is 5.65 Å². The van der Waals surface area contributed by atoms with E-state index in [0.717, 1.165) is 0 Å². The molecule has 2 rings (SSSR count). The highest BCUT2D eigenvalue weighted by Gasteiger charge is 2.18. The number of rotatable bonds is 1. The van der Waals surface area contributed by atoms with Crippen molar-refractivity contribution in [3.8, 4) is 0 Å². The van der Waals surface area contributed by atoms with Gasteiger partial charge in [0.1, 0.15) is 5.65 Å². The van der Waals surface area contributed by atoms with Crippen LogP contribution in [0.3, 0.4) is 0 Å². The number of nitrogens with zero attached hydrogens (tertiary/aromatic N) is 2. The number of carbonyl (C=O) groups is 1. The maximum atomic E-state index is 13.5. The number of halogens is 2. The lowest BCUT2D eigenvalue weighted by atomic mass is 10.4. The lowest BCUT2D eigenvalue weighted by molar-refractivity contribution is 0.0685. The quantitative estimate of drug-likeness (QED) is 0.814. The SMILES string of the molecule is Cc1cccc2nc(C(=O)O)c(F)n12.Cl. The summed E-state index contributed by atoms with van der Waals surface area (Å²) in [6.45, 7) is 1.68. The molecule has 0 bridgehead atoms. The lowest BCUT2D eigenvalue weighted by Gasteiger charge is -1.97. The zero-order valence-electron chi connectivity index (χ0n) is 7.77. The molecule has 15 heavy (non-hydrogen) atoms. The van der Waals surface area contributed by atoms with Gasteiger partial charge in [0, 0.05) is 5.69 Å². The first-order valence-electron chi connectivity index (χ1n) is 3.98. The molecule has 0 saturated heterocycles. The van der Waals surface area contributed by atoms with Crippen LogP contribution in [0.5, 0.6) is 0 Å². The number of aromatic nitrogens is 2. The molecule has 6 heteroatoms. The Morgan fingerprint density at radius 2 is 2.20 bits per heavy atom. The van der Waals surface area contributed by atoms with Gasteiger partial charge in [0.2, 0.25) is 11.6 Å². The first-order valence-corrected chi connectivity index (χ1v) is 3.98. The Hall–Kier alpha value is -1.62. The Labute approximate surface area is 90.8 Å². The third-order valence-corrected chi connectivity index (χ3v) is 1.99. The third-order valence-electron chi connectivity index (χ3n) is 1.99. The highest BCUT2D eigenvalue weighted by atomic mass is 35.5. The molecule has 0 aromatic carbocycles. The number of aryl methyl sites for hydroxylation is 1. The van der Waals surface area contributed by atoms with Crippen molar-refractivity contribution in [1.82, 2.24) is 9.38 Å². The molecule has 0 aliphatic carbocycles. The molecule has 80 valence electrons. The van der Waals surface area contributed by atoms with E-state index in [2.05, 4.69) is 4.98 Å². The largest absolute Gasteiger partial charge is 0.476 e. The summed E-state index contributed by atoms with van der Waals surface area (Å²) >= 11 is 0. The molecule has 0 aliphatic heterocycles. The predicted molar refractivity (Wildman–Crippen MR) is 54.1 cm³/mol. The maximum Gasteiger partial charge on any atom is 0.359 e. The van der Waals surface area contributed by atoms with Gasteiger partial charge in [-0.2, -0.15) is 4.39 Å². The van der Waals surface area contributed by atoms with Crippen molar-refractivity contribution in [2.24, 2.45) is 0 Å². The minimum Gasteiger partial charge on any atom is -0.476 e. The van der Waals surface area contributed by atoms with Crippen LogP contribution in [0.15, 0.2) is 18.2 Å².